The van der Waals surface area contributed by atoms with Crippen molar-refractivity contribution >= 4 is 10.8 Å². The molecule has 4 heteroatoms. The maximum Gasteiger partial charge on any atom is 0.259 e. The summed E-state index contributed by atoms with van der Waals surface area (Å²) in [4.78, 5) is 15.2. The summed E-state index contributed by atoms with van der Waals surface area (Å²) in [6, 6.07) is 5.61. The van der Waals surface area contributed by atoms with Crippen molar-refractivity contribution < 1.29 is 9.47 Å². The number of fused-ring (bicyclic) bond motifs is 1. The lowest BCUT2D eigenvalue weighted by Crippen LogP contribution is -2.10. The van der Waals surface area contributed by atoms with Gasteiger partial charge in [0.2, 0.25) is 0 Å². The van der Waals surface area contributed by atoms with Crippen LogP contribution in [0.2, 0.25) is 0 Å². The van der Waals surface area contributed by atoms with Crippen LogP contribution in [-0.4, -0.2) is 19.2 Å². The summed E-state index contributed by atoms with van der Waals surface area (Å²) in [5, 5.41) is 1.43. The fraction of sp³-hybridized carbons (Fsp3) is 0.438. The van der Waals surface area contributed by atoms with Gasteiger partial charge in [0, 0.05) is 11.8 Å². The van der Waals surface area contributed by atoms with Crippen LogP contribution >= 0.6 is 0 Å². The number of unbranched alkanes of at least 4 members (excludes halogenated alkanes) is 2. The molecule has 0 atom stereocenters. The van der Waals surface area contributed by atoms with Crippen molar-refractivity contribution in [2.45, 2.75) is 32.6 Å². The number of rotatable bonds is 6. The number of hydrogen-bond donors (Lipinski definition) is 1. The van der Waals surface area contributed by atoms with Gasteiger partial charge in [-0.15, -0.1) is 0 Å². The molecule has 0 aliphatic rings. The van der Waals surface area contributed by atoms with E-state index in [-0.39, 0.29) is 5.56 Å². The number of H-pyrrole nitrogens is 1. The van der Waals surface area contributed by atoms with Crippen LogP contribution in [-0.2, 0) is 6.42 Å². The molecule has 1 heterocycles. The molecule has 0 saturated heterocycles. The quantitative estimate of drug-likeness (QED) is 0.823. The van der Waals surface area contributed by atoms with Crippen LogP contribution in [0.1, 0.15) is 31.9 Å². The van der Waals surface area contributed by atoms with Crippen LogP contribution in [0.25, 0.3) is 10.8 Å². The predicted octanol–water partition coefficient (Wildman–Crippen LogP) is 3.28. The largest absolute Gasteiger partial charge is 0.497 e. The van der Waals surface area contributed by atoms with Gasteiger partial charge in [-0.3, -0.25) is 4.79 Å². The Morgan fingerprint density at radius 2 is 1.90 bits per heavy atom. The minimum atomic E-state index is -0.103. The molecule has 0 saturated carbocycles. The molecule has 0 aliphatic heterocycles. The van der Waals surface area contributed by atoms with Crippen molar-refractivity contribution in [2.24, 2.45) is 0 Å². The first-order chi connectivity index (χ1) is 9.69. The number of methoxy groups -OCH3 is 2. The van der Waals surface area contributed by atoms with Crippen molar-refractivity contribution in [3.05, 3.63) is 34.2 Å². The van der Waals surface area contributed by atoms with Crippen LogP contribution in [0.3, 0.4) is 0 Å². The fourth-order valence-corrected chi connectivity index (χ4v) is 2.38. The Labute approximate surface area is 118 Å². The highest BCUT2D eigenvalue weighted by Gasteiger charge is 2.10. The number of hydrogen-bond acceptors (Lipinski definition) is 3. The first kappa shape index (κ1) is 14.4. The SMILES string of the molecule is CCCCCc1cc2cc(OC)cc(OC)c2c(=O)[nH]1. The van der Waals surface area contributed by atoms with Crippen LogP contribution in [0.5, 0.6) is 11.5 Å². The number of benzene rings is 1. The third-order valence-electron chi connectivity index (χ3n) is 3.44. The van der Waals surface area contributed by atoms with E-state index in [2.05, 4.69) is 11.9 Å². The average molecular weight is 275 g/mol. The molecule has 0 aliphatic carbocycles. The Bertz CT molecular complexity index is 646. The molecule has 0 amide bonds. The Balaban J connectivity index is 2.49. The Morgan fingerprint density at radius 3 is 2.55 bits per heavy atom. The van der Waals surface area contributed by atoms with E-state index in [1.807, 2.05) is 12.1 Å². The summed E-state index contributed by atoms with van der Waals surface area (Å²) >= 11 is 0. The van der Waals surface area contributed by atoms with Gasteiger partial charge in [-0.1, -0.05) is 19.8 Å². The predicted molar refractivity (Wildman–Crippen MR) is 80.9 cm³/mol. The molecule has 2 aromatic rings. The highest BCUT2D eigenvalue weighted by atomic mass is 16.5. The summed E-state index contributed by atoms with van der Waals surface area (Å²) < 4.78 is 10.5. The van der Waals surface area contributed by atoms with Crippen molar-refractivity contribution in [1.82, 2.24) is 4.98 Å². The number of nitrogens with one attached hydrogen (secondary N) is 1. The Hall–Kier alpha value is -1.97. The van der Waals surface area contributed by atoms with Gasteiger partial charge in [0.15, 0.2) is 0 Å². The van der Waals surface area contributed by atoms with Crippen molar-refractivity contribution in [1.29, 1.82) is 0 Å². The van der Waals surface area contributed by atoms with Gasteiger partial charge in [0.25, 0.3) is 5.56 Å². The Kier molecular flexibility index (Phi) is 4.66. The number of aromatic nitrogens is 1. The molecule has 0 fully saturated rings. The molecule has 1 aromatic carbocycles. The van der Waals surface area contributed by atoms with E-state index in [9.17, 15) is 4.79 Å². The molecule has 108 valence electrons. The first-order valence-corrected chi connectivity index (χ1v) is 6.97. The average Bonchev–Trinajstić information content (AvgIpc) is 2.46. The number of aryl methyl sites for hydroxylation is 1. The second-order valence-electron chi connectivity index (χ2n) is 4.87. The fourth-order valence-electron chi connectivity index (χ4n) is 2.38. The lowest BCUT2D eigenvalue weighted by atomic mass is 10.1. The molecule has 0 radical (unpaired) electrons. The standard InChI is InChI=1S/C16H21NO3/c1-4-5-6-7-12-8-11-9-13(19-2)10-14(20-3)15(11)16(18)17-12/h8-10H,4-7H2,1-3H3,(H,17,18). The maximum atomic E-state index is 12.2. The van der Waals surface area contributed by atoms with E-state index < -0.39 is 0 Å². The van der Waals surface area contributed by atoms with Gasteiger partial charge in [-0.05, 0) is 30.4 Å². The summed E-state index contributed by atoms with van der Waals surface area (Å²) in [5.74, 6) is 1.24. The molecular weight excluding hydrogens is 254 g/mol. The zero-order valence-corrected chi connectivity index (χ0v) is 12.3. The molecule has 0 spiro atoms. The smallest absolute Gasteiger partial charge is 0.259 e. The topological polar surface area (TPSA) is 51.3 Å². The van der Waals surface area contributed by atoms with Gasteiger partial charge in [-0.2, -0.15) is 0 Å². The second-order valence-corrected chi connectivity index (χ2v) is 4.87. The monoisotopic (exact) mass is 275 g/mol. The third-order valence-corrected chi connectivity index (χ3v) is 3.44. The molecule has 4 nitrogen and oxygen atoms in total. The summed E-state index contributed by atoms with van der Waals surface area (Å²) in [6.07, 6.45) is 4.30. The summed E-state index contributed by atoms with van der Waals surface area (Å²) in [5.41, 5.74) is 0.861. The van der Waals surface area contributed by atoms with Gasteiger partial charge in [0.1, 0.15) is 11.5 Å². The van der Waals surface area contributed by atoms with E-state index >= 15 is 0 Å². The molecule has 0 bridgehead atoms. The zero-order chi connectivity index (χ0) is 14.5. The minimum Gasteiger partial charge on any atom is -0.497 e. The molecule has 20 heavy (non-hydrogen) atoms. The molecule has 1 aromatic heterocycles. The van der Waals surface area contributed by atoms with Gasteiger partial charge < -0.3 is 14.5 Å². The summed E-state index contributed by atoms with van der Waals surface area (Å²) in [6.45, 7) is 2.17. The van der Waals surface area contributed by atoms with Crippen molar-refractivity contribution in [2.75, 3.05) is 14.2 Å². The first-order valence-electron chi connectivity index (χ1n) is 6.97. The molecule has 2 rings (SSSR count). The number of aromatic amines is 1. The van der Waals surface area contributed by atoms with Gasteiger partial charge in [-0.25, -0.2) is 0 Å². The molecular formula is C16H21NO3. The highest BCUT2D eigenvalue weighted by Crippen LogP contribution is 2.29. The Morgan fingerprint density at radius 1 is 1.10 bits per heavy atom. The maximum absolute atomic E-state index is 12.2. The minimum absolute atomic E-state index is 0.103. The zero-order valence-electron chi connectivity index (χ0n) is 12.3. The number of ether oxygens (including phenoxy) is 2. The van der Waals surface area contributed by atoms with E-state index in [1.54, 1.807) is 20.3 Å². The van der Waals surface area contributed by atoms with E-state index in [1.165, 1.54) is 12.8 Å². The van der Waals surface area contributed by atoms with Crippen LogP contribution < -0.4 is 15.0 Å². The van der Waals surface area contributed by atoms with Gasteiger partial charge in [0.05, 0.1) is 19.6 Å². The second kappa shape index (κ2) is 6.46. The van der Waals surface area contributed by atoms with E-state index in [0.717, 1.165) is 23.9 Å². The van der Waals surface area contributed by atoms with Crippen molar-refractivity contribution in [3.63, 3.8) is 0 Å². The number of pyridine rings is 1. The normalized spacial score (nSPS) is 10.8. The van der Waals surface area contributed by atoms with Crippen LogP contribution in [0.4, 0.5) is 0 Å². The van der Waals surface area contributed by atoms with Gasteiger partial charge >= 0.3 is 0 Å². The highest BCUT2D eigenvalue weighted by molar-refractivity contribution is 5.89. The van der Waals surface area contributed by atoms with Crippen LogP contribution in [0.15, 0.2) is 23.0 Å². The molecule has 0 unspecified atom stereocenters. The summed E-state index contributed by atoms with van der Waals surface area (Å²) in [7, 11) is 3.17. The lowest BCUT2D eigenvalue weighted by molar-refractivity contribution is 0.397. The lowest BCUT2D eigenvalue weighted by Gasteiger charge is -2.09. The van der Waals surface area contributed by atoms with Crippen molar-refractivity contribution in [3.8, 4) is 11.5 Å². The van der Waals surface area contributed by atoms with E-state index in [0.29, 0.717) is 16.9 Å². The molecule has 1 N–H and O–H groups in total. The third kappa shape index (κ3) is 2.95. The van der Waals surface area contributed by atoms with Crippen LogP contribution in [0, 0.1) is 0 Å². The van der Waals surface area contributed by atoms with E-state index in [4.69, 9.17) is 9.47 Å².